The molecule has 4 rings (SSSR count). The molecule has 2 aromatic carbocycles. The van der Waals surface area contributed by atoms with Gasteiger partial charge in [-0.25, -0.2) is 0 Å². The average Bonchev–Trinajstić information content (AvgIpc) is 3.31. The first-order chi connectivity index (χ1) is 13.1. The van der Waals surface area contributed by atoms with E-state index in [9.17, 15) is 9.59 Å². The quantitative estimate of drug-likeness (QED) is 0.879. The van der Waals surface area contributed by atoms with Crippen LogP contribution in [0.25, 0.3) is 0 Å². The molecule has 5 nitrogen and oxygen atoms in total. The smallest absolute Gasteiger partial charge is 0.251 e. The fraction of sp³-hybridized carbons (Fsp3) is 0.333. The second-order valence-electron chi connectivity index (χ2n) is 7.08. The number of carbonyl (C=O) groups is 2. The van der Waals surface area contributed by atoms with E-state index in [1.807, 2.05) is 42.5 Å². The molecule has 0 aliphatic carbocycles. The lowest BCUT2D eigenvalue weighted by Crippen LogP contribution is -2.37. The Morgan fingerprint density at radius 1 is 1.07 bits per heavy atom. The molecule has 2 fully saturated rings. The topological polar surface area (TPSA) is 52.7 Å². The first kappa shape index (κ1) is 17.9. The summed E-state index contributed by atoms with van der Waals surface area (Å²) in [5.74, 6) is 0.0296. The third kappa shape index (κ3) is 3.93. The number of amides is 2. The zero-order valence-electron chi connectivity index (χ0n) is 15.0. The fourth-order valence-corrected chi connectivity index (χ4v) is 3.97. The van der Waals surface area contributed by atoms with Gasteiger partial charge in [-0.05, 0) is 49.2 Å². The second kappa shape index (κ2) is 7.61. The number of anilines is 2. The molecule has 0 saturated carbocycles. The zero-order chi connectivity index (χ0) is 18.8. The molecule has 1 unspecified atom stereocenters. The van der Waals surface area contributed by atoms with Gasteiger partial charge in [-0.2, -0.15) is 0 Å². The Morgan fingerprint density at radius 2 is 1.89 bits per heavy atom. The molecule has 2 heterocycles. The molecular formula is C21H22ClN3O2. The number of hydrogen-bond donors (Lipinski definition) is 1. The normalized spacial score (nSPS) is 19.6. The molecule has 0 aromatic heterocycles. The van der Waals surface area contributed by atoms with E-state index in [4.69, 9.17) is 11.6 Å². The van der Waals surface area contributed by atoms with Crippen LogP contribution in [0.15, 0.2) is 48.5 Å². The van der Waals surface area contributed by atoms with Crippen molar-refractivity contribution in [3.8, 4) is 0 Å². The summed E-state index contributed by atoms with van der Waals surface area (Å²) in [7, 11) is 0. The van der Waals surface area contributed by atoms with Crippen molar-refractivity contribution in [1.82, 2.24) is 5.32 Å². The number of rotatable bonds is 4. The third-order valence-corrected chi connectivity index (χ3v) is 5.43. The summed E-state index contributed by atoms with van der Waals surface area (Å²) >= 11 is 6.08. The van der Waals surface area contributed by atoms with Gasteiger partial charge in [0.05, 0.1) is 0 Å². The number of benzene rings is 2. The maximum atomic E-state index is 12.7. The van der Waals surface area contributed by atoms with Crippen LogP contribution >= 0.6 is 11.6 Å². The van der Waals surface area contributed by atoms with Crippen LogP contribution < -0.4 is 15.1 Å². The number of nitrogens with one attached hydrogen (secondary N) is 1. The van der Waals surface area contributed by atoms with Crippen LogP contribution in [0.1, 0.15) is 29.6 Å². The maximum Gasteiger partial charge on any atom is 0.251 e. The molecular weight excluding hydrogens is 362 g/mol. The van der Waals surface area contributed by atoms with Crippen molar-refractivity contribution in [3.05, 3.63) is 59.1 Å². The molecule has 1 atom stereocenters. The van der Waals surface area contributed by atoms with Crippen LogP contribution in [-0.4, -0.2) is 37.5 Å². The van der Waals surface area contributed by atoms with E-state index in [0.29, 0.717) is 17.0 Å². The molecule has 0 bridgehead atoms. The Bertz CT molecular complexity index is 870. The first-order valence-electron chi connectivity index (χ1n) is 9.32. The molecule has 2 aromatic rings. The Hall–Kier alpha value is -2.53. The summed E-state index contributed by atoms with van der Waals surface area (Å²) in [6.07, 6.45) is 2.34. The predicted octanol–water partition coefficient (Wildman–Crippen LogP) is 3.48. The fourth-order valence-electron chi connectivity index (χ4n) is 3.79. The van der Waals surface area contributed by atoms with Crippen molar-refractivity contribution in [2.75, 3.05) is 29.4 Å². The van der Waals surface area contributed by atoms with E-state index in [0.717, 1.165) is 43.9 Å². The number of nitrogens with zero attached hydrogens (tertiary/aromatic N) is 2. The highest BCUT2D eigenvalue weighted by Crippen LogP contribution is 2.25. The third-order valence-electron chi connectivity index (χ3n) is 5.19. The van der Waals surface area contributed by atoms with Crippen molar-refractivity contribution < 1.29 is 9.59 Å². The molecule has 0 spiro atoms. The van der Waals surface area contributed by atoms with Crippen LogP contribution in [0, 0.1) is 0 Å². The van der Waals surface area contributed by atoms with Gasteiger partial charge in [0.2, 0.25) is 5.91 Å². The van der Waals surface area contributed by atoms with E-state index in [-0.39, 0.29) is 17.9 Å². The molecule has 2 aliphatic heterocycles. The summed E-state index contributed by atoms with van der Waals surface area (Å²) in [5.41, 5.74) is 2.47. The lowest BCUT2D eigenvalue weighted by atomic mass is 10.1. The summed E-state index contributed by atoms with van der Waals surface area (Å²) < 4.78 is 0. The predicted molar refractivity (Wildman–Crippen MR) is 108 cm³/mol. The van der Waals surface area contributed by atoms with Gasteiger partial charge in [0.1, 0.15) is 0 Å². The van der Waals surface area contributed by atoms with Crippen molar-refractivity contribution in [2.24, 2.45) is 0 Å². The van der Waals surface area contributed by atoms with Crippen LogP contribution in [0.2, 0.25) is 5.02 Å². The average molecular weight is 384 g/mol. The van der Waals surface area contributed by atoms with Gasteiger partial charge in [-0.3, -0.25) is 9.59 Å². The molecule has 1 N–H and O–H groups in total. The van der Waals surface area contributed by atoms with Crippen molar-refractivity contribution >= 4 is 34.8 Å². The Kier molecular flexibility index (Phi) is 5.03. The monoisotopic (exact) mass is 383 g/mol. The van der Waals surface area contributed by atoms with Crippen LogP contribution in [0.5, 0.6) is 0 Å². The minimum absolute atomic E-state index is 0.0913. The van der Waals surface area contributed by atoms with Gasteiger partial charge in [0.25, 0.3) is 5.91 Å². The van der Waals surface area contributed by atoms with E-state index in [2.05, 4.69) is 10.2 Å². The van der Waals surface area contributed by atoms with Crippen LogP contribution in [0.4, 0.5) is 11.4 Å². The Morgan fingerprint density at radius 3 is 2.67 bits per heavy atom. The lowest BCUT2D eigenvalue weighted by Gasteiger charge is -2.20. The van der Waals surface area contributed by atoms with Gasteiger partial charge in [0, 0.05) is 54.1 Å². The molecule has 2 aliphatic rings. The maximum absolute atomic E-state index is 12.7. The van der Waals surface area contributed by atoms with Crippen molar-refractivity contribution in [3.63, 3.8) is 0 Å². The minimum atomic E-state index is -0.0959. The molecule has 0 radical (unpaired) electrons. The lowest BCUT2D eigenvalue weighted by molar-refractivity contribution is -0.117. The van der Waals surface area contributed by atoms with Crippen molar-refractivity contribution in [1.29, 1.82) is 0 Å². The van der Waals surface area contributed by atoms with Gasteiger partial charge in [-0.15, -0.1) is 0 Å². The van der Waals surface area contributed by atoms with Gasteiger partial charge >= 0.3 is 0 Å². The summed E-state index contributed by atoms with van der Waals surface area (Å²) in [4.78, 5) is 28.6. The van der Waals surface area contributed by atoms with Crippen LogP contribution in [-0.2, 0) is 4.79 Å². The molecule has 140 valence electrons. The summed E-state index contributed by atoms with van der Waals surface area (Å²) in [6.45, 7) is 2.37. The summed E-state index contributed by atoms with van der Waals surface area (Å²) in [6, 6.07) is 15.2. The largest absolute Gasteiger partial charge is 0.369 e. The molecule has 6 heteroatoms. The first-order valence-corrected chi connectivity index (χ1v) is 9.70. The van der Waals surface area contributed by atoms with Gasteiger partial charge in [0.15, 0.2) is 0 Å². The highest BCUT2D eigenvalue weighted by molar-refractivity contribution is 6.30. The minimum Gasteiger partial charge on any atom is -0.369 e. The number of halogens is 1. The Labute approximate surface area is 163 Å². The second-order valence-corrected chi connectivity index (χ2v) is 7.52. The Balaban J connectivity index is 1.40. The number of carbonyl (C=O) groups excluding carboxylic acids is 2. The molecule has 27 heavy (non-hydrogen) atoms. The molecule has 2 saturated heterocycles. The zero-order valence-corrected chi connectivity index (χ0v) is 15.8. The van der Waals surface area contributed by atoms with E-state index in [1.165, 1.54) is 0 Å². The molecule has 2 amide bonds. The SMILES string of the molecule is O=C(NC1CCN(c2cccc(Cl)c2)C1)c1cccc(N2CCCC2=O)c1. The summed E-state index contributed by atoms with van der Waals surface area (Å²) in [5, 5.41) is 3.84. The van der Waals surface area contributed by atoms with E-state index >= 15 is 0 Å². The highest BCUT2D eigenvalue weighted by atomic mass is 35.5. The number of hydrogen-bond acceptors (Lipinski definition) is 3. The van der Waals surface area contributed by atoms with Gasteiger partial charge < -0.3 is 15.1 Å². The van der Waals surface area contributed by atoms with E-state index < -0.39 is 0 Å². The van der Waals surface area contributed by atoms with Crippen molar-refractivity contribution in [2.45, 2.75) is 25.3 Å². The highest BCUT2D eigenvalue weighted by Gasteiger charge is 2.26. The van der Waals surface area contributed by atoms with E-state index in [1.54, 1.807) is 11.0 Å². The van der Waals surface area contributed by atoms with Gasteiger partial charge in [-0.1, -0.05) is 23.7 Å². The standard InChI is InChI=1S/C21H22ClN3O2/c22-16-5-2-6-18(13-16)24-11-9-17(14-24)23-21(27)15-4-1-7-19(12-15)25-10-3-8-20(25)26/h1-2,4-7,12-13,17H,3,8-11,14H2,(H,23,27). The van der Waals surface area contributed by atoms with Crippen LogP contribution in [0.3, 0.4) is 0 Å².